The summed E-state index contributed by atoms with van der Waals surface area (Å²) in [7, 11) is 0. The standard InChI is InChI=1S/C13H10ClN3OS3/c14-11-4-3-10(21-11)9(18)7-20-13-15-12(16-17-13)6-8-2-1-5-19-8/h1-5H,6-7H2,(H,15,16,17). The Bertz CT molecular complexity index is 736. The Kier molecular flexibility index (Phi) is 4.74. The van der Waals surface area contributed by atoms with Crippen LogP contribution in [0, 0.1) is 0 Å². The van der Waals surface area contributed by atoms with E-state index >= 15 is 0 Å². The first kappa shape index (κ1) is 14.8. The largest absolute Gasteiger partial charge is 0.292 e. The van der Waals surface area contributed by atoms with E-state index in [-0.39, 0.29) is 5.78 Å². The zero-order valence-electron chi connectivity index (χ0n) is 10.7. The third-order valence-electron chi connectivity index (χ3n) is 2.61. The molecule has 21 heavy (non-hydrogen) atoms. The molecule has 1 N–H and O–H groups in total. The second kappa shape index (κ2) is 6.74. The van der Waals surface area contributed by atoms with Gasteiger partial charge in [0.05, 0.1) is 15.0 Å². The van der Waals surface area contributed by atoms with Crippen LogP contribution in [0.5, 0.6) is 0 Å². The van der Waals surface area contributed by atoms with E-state index in [1.807, 2.05) is 11.4 Å². The Morgan fingerprint density at radius 3 is 3.00 bits per heavy atom. The molecule has 0 aliphatic carbocycles. The number of rotatable bonds is 6. The van der Waals surface area contributed by atoms with Crippen molar-refractivity contribution < 1.29 is 4.79 Å². The molecule has 0 fully saturated rings. The molecule has 0 saturated carbocycles. The van der Waals surface area contributed by atoms with Crippen molar-refractivity contribution in [2.75, 3.05) is 5.75 Å². The number of carbonyl (C=O) groups excluding carboxylic acids is 1. The summed E-state index contributed by atoms with van der Waals surface area (Å²) in [4.78, 5) is 18.2. The maximum absolute atomic E-state index is 12.0. The average molecular weight is 356 g/mol. The fraction of sp³-hybridized carbons (Fsp3) is 0.154. The highest BCUT2D eigenvalue weighted by atomic mass is 35.5. The normalized spacial score (nSPS) is 10.9. The van der Waals surface area contributed by atoms with Gasteiger partial charge in [-0.3, -0.25) is 9.89 Å². The summed E-state index contributed by atoms with van der Waals surface area (Å²) in [6.07, 6.45) is 0.736. The van der Waals surface area contributed by atoms with Gasteiger partial charge in [0.15, 0.2) is 5.78 Å². The predicted octanol–water partition coefficient (Wildman–Crippen LogP) is 4.15. The molecule has 0 aliphatic heterocycles. The van der Waals surface area contributed by atoms with Crippen molar-refractivity contribution >= 4 is 51.8 Å². The van der Waals surface area contributed by atoms with Gasteiger partial charge >= 0.3 is 0 Å². The highest BCUT2D eigenvalue weighted by Crippen LogP contribution is 2.24. The molecule has 0 bridgehead atoms. The average Bonchev–Trinajstić information content (AvgIpc) is 3.19. The SMILES string of the molecule is O=C(CSc1n[nH]c(Cc2cccs2)n1)c1ccc(Cl)s1. The number of hydrogen-bond acceptors (Lipinski definition) is 6. The zero-order valence-corrected chi connectivity index (χ0v) is 13.9. The van der Waals surface area contributed by atoms with Gasteiger partial charge in [-0.15, -0.1) is 27.8 Å². The molecule has 0 saturated heterocycles. The van der Waals surface area contributed by atoms with Gasteiger partial charge in [-0.25, -0.2) is 4.98 Å². The fourth-order valence-corrected chi connectivity index (χ4v) is 4.15. The van der Waals surface area contributed by atoms with Crippen molar-refractivity contribution in [2.45, 2.75) is 11.6 Å². The number of H-pyrrole nitrogens is 1. The molecule has 0 aromatic carbocycles. The molecule has 0 amide bonds. The quantitative estimate of drug-likeness (QED) is 0.533. The lowest BCUT2D eigenvalue weighted by Gasteiger charge is -1.94. The highest BCUT2D eigenvalue weighted by molar-refractivity contribution is 7.99. The van der Waals surface area contributed by atoms with Crippen LogP contribution in [0.1, 0.15) is 20.4 Å². The monoisotopic (exact) mass is 355 g/mol. The minimum Gasteiger partial charge on any atom is -0.292 e. The summed E-state index contributed by atoms with van der Waals surface area (Å²) in [6, 6.07) is 7.55. The van der Waals surface area contributed by atoms with Crippen LogP contribution in [0.2, 0.25) is 4.34 Å². The minimum atomic E-state index is 0.0431. The smallest absolute Gasteiger partial charge is 0.208 e. The molecule has 0 unspecified atom stereocenters. The first-order valence-corrected chi connectivity index (χ1v) is 9.11. The molecule has 3 aromatic rings. The van der Waals surface area contributed by atoms with Crippen molar-refractivity contribution in [3.63, 3.8) is 0 Å². The summed E-state index contributed by atoms with van der Waals surface area (Å²) in [5.41, 5.74) is 0. The van der Waals surface area contributed by atoms with Crippen LogP contribution < -0.4 is 0 Å². The van der Waals surface area contributed by atoms with E-state index in [9.17, 15) is 4.79 Å². The number of aromatic nitrogens is 3. The molecule has 0 radical (unpaired) electrons. The first-order chi connectivity index (χ1) is 10.2. The van der Waals surface area contributed by atoms with E-state index in [1.54, 1.807) is 23.5 Å². The van der Waals surface area contributed by atoms with Gasteiger partial charge in [0.25, 0.3) is 0 Å². The Morgan fingerprint density at radius 1 is 1.38 bits per heavy atom. The molecular weight excluding hydrogens is 346 g/mol. The number of thiophene rings is 2. The minimum absolute atomic E-state index is 0.0431. The molecule has 8 heteroatoms. The van der Waals surface area contributed by atoms with Gasteiger partial charge in [-0.05, 0) is 23.6 Å². The van der Waals surface area contributed by atoms with Gasteiger partial charge < -0.3 is 0 Å². The van der Waals surface area contributed by atoms with E-state index in [2.05, 4.69) is 21.2 Å². The topological polar surface area (TPSA) is 58.6 Å². The van der Waals surface area contributed by atoms with Gasteiger partial charge in [-0.1, -0.05) is 29.4 Å². The number of halogens is 1. The van der Waals surface area contributed by atoms with Crippen molar-refractivity contribution in [3.8, 4) is 0 Å². The summed E-state index contributed by atoms with van der Waals surface area (Å²) in [6.45, 7) is 0. The Balaban J connectivity index is 1.56. The molecule has 4 nitrogen and oxygen atoms in total. The number of hydrogen-bond donors (Lipinski definition) is 1. The number of aromatic amines is 1. The van der Waals surface area contributed by atoms with E-state index in [1.165, 1.54) is 28.0 Å². The second-order valence-corrected chi connectivity index (χ2v) is 7.83. The van der Waals surface area contributed by atoms with Crippen LogP contribution in [-0.4, -0.2) is 26.7 Å². The van der Waals surface area contributed by atoms with E-state index in [0.29, 0.717) is 20.1 Å². The molecule has 0 spiro atoms. The maximum atomic E-state index is 12.0. The lowest BCUT2D eigenvalue weighted by Crippen LogP contribution is -1.99. The van der Waals surface area contributed by atoms with Crippen molar-refractivity contribution in [1.82, 2.24) is 15.2 Å². The number of carbonyl (C=O) groups is 1. The molecule has 0 aliphatic rings. The predicted molar refractivity (Wildman–Crippen MR) is 87.9 cm³/mol. The van der Waals surface area contributed by atoms with Crippen LogP contribution in [-0.2, 0) is 6.42 Å². The number of ketones is 1. The molecule has 3 aromatic heterocycles. The Morgan fingerprint density at radius 2 is 2.29 bits per heavy atom. The summed E-state index contributed by atoms with van der Waals surface area (Å²) >= 11 is 10.1. The van der Waals surface area contributed by atoms with Crippen LogP contribution in [0.4, 0.5) is 0 Å². The van der Waals surface area contributed by atoms with E-state index in [0.717, 1.165) is 12.2 Å². The summed E-state index contributed by atoms with van der Waals surface area (Å²) in [5.74, 6) is 1.17. The van der Waals surface area contributed by atoms with Gasteiger partial charge in [-0.2, -0.15) is 0 Å². The molecule has 3 rings (SSSR count). The third kappa shape index (κ3) is 3.94. The van der Waals surface area contributed by atoms with Crippen LogP contribution >= 0.6 is 46.0 Å². The number of nitrogens with zero attached hydrogens (tertiary/aromatic N) is 2. The Hall–Kier alpha value is -1.15. The molecule has 108 valence electrons. The lowest BCUT2D eigenvalue weighted by atomic mass is 10.3. The molecule has 3 heterocycles. The van der Waals surface area contributed by atoms with Crippen molar-refractivity contribution in [3.05, 3.63) is 49.6 Å². The maximum Gasteiger partial charge on any atom is 0.208 e. The molecular formula is C13H10ClN3OS3. The van der Waals surface area contributed by atoms with Gasteiger partial charge in [0, 0.05) is 11.3 Å². The fourth-order valence-electron chi connectivity index (χ4n) is 1.66. The van der Waals surface area contributed by atoms with Gasteiger partial charge in [0.1, 0.15) is 5.82 Å². The lowest BCUT2D eigenvalue weighted by molar-refractivity contribution is 0.102. The van der Waals surface area contributed by atoms with E-state index < -0.39 is 0 Å². The van der Waals surface area contributed by atoms with Crippen LogP contribution in [0.15, 0.2) is 34.8 Å². The number of Topliss-reactive ketones (excluding diaryl/α,β-unsaturated/α-hetero) is 1. The molecule has 0 atom stereocenters. The van der Waals surface area contributed by atoms with Crippen LogP contribution in [0.3, 0.4) is 0 Å². The number of thioether (sulfide) groups is 1. The van der Waals surface area contributed by atoms with E-state index in [4.69, 9.17) is 11.6 Å². The zero-order chi connectivity index (χ0) is 14.7. The number of nitrogens with one attached hydrogen (secondary N) is 1. The highest BCUT2D eigenvalue weighted by Gasteiger charge is 2.12. The Labute approximate surface area is 138 Å². The summed E-state index contributed by atoms with van der Waals surface area (Å²) in [5, 5.41) is 9.66. The van der Waals surface area contributed by atoms with Crippen molar-refractivity contribution in [1.29, 1.82) is 0 Å². The summed E-state index contributed by atoms with van der Waals surface area (Å²) < 4.78 is 0.625. The third-order valence-corrected chi connectivity index (χ3v) is 5.61. The second-order valence-electron chi connectivity index (χ2n) is 4.14. The van der Waals surface area contributed by atoms with Crippen LogP contribution in [0.25, 0.3) is 0 Å². The van der Waals surface area contributed by atoms with Gasteiger partial charge in [0.2, 0.25) is 5.16 Å². The van der Waals surface area contributed by atoms with Crippen molar-refractivity contribution in [2.24, 2.45) is 0 Å². The first-order valence-electron chi connectivity index (χ1n) is 6.06.